The SMILES string of the molecule is CCc1ccc(Nc2nc(C(=O)NCc3ccc(N(C)C)cc3)nc3ccccc23)cc1. The summed E-state index contributed by atoms with van der Waals surface area (Å²) in [7, 11) is 4.00. The fourth-order valence-electron chi connectivity index (χ4n) is 3.41. The van der Waals surface area contributed by atoms with E-state index in [1.165, 1.54) is 5.56 Å². The molecule has 0 unspecified atom stereocenters. The molecular formula is C26H27N5O. The summed E-state index contributed by atoms with van der Waals surface area (Å²) in [5.74, 6) is 0.443. The first kappa shape index (κ1) is 21.3. The summed E-state index contributed by atoms with van der Waals surface area (Å²) < 4.78 is 0. The van der Waals surface area contributed by atoms with Gasteiger partial charge in [-0.2, -0.15) is 0 Å². The van der Waals surface area contributed by atoms with Gasteiger partial charge in [0.05, 0.1) is 5.52 Å². The Kier molecular flexibility index (Phi) is 6.31. The molecule has 4 rings (SSSR count). The van der Waals surface area contributed by atoms with Crippen LogP contribution in [0.5, 0.6) is 0 Å². The van der Waals surface area contributed by atoms with E-state index in [0.29, 0.717) is 12.4 Å². The molecule has 0 atom stereocenters. The lowest BCUT2D eigenvalue weighted by Gasteiger charge is -2.13. The van der Waals surface area contributed by atoms with Crippen LogP contribution in [0, 0.1) is 0 Å². The third-order valence-electron chi connectivity index (χ3n) is 5.34. The van der Waals surface area contributed by atoms with E-state index in [-0.39, 0.29) is 11.7 Å². The number of amides is 1. The number of anilines is 3. The summed E-state index contributed by atoms with van der Waals surface area (Å²) >= 11 is 0. The van der Waals surface area contributed by atoms with Gasteiger partial charge in [0, 0.05) is 37.4 Å². The predicted molar refractivity (Wildman–Crippen MR) is 131 cm³/mol. The standard InChI is InChI=1S/C26H27N5O/c1-4-18-9-13-20(14-10-18)28-24-22-7-5-6-8-23(22)29-25(30-24)26(32)27-17-19-11-15-21(16-12-19)31(2)3/h5-16H,4,17H2,1-3H3,(H,27,32)(H,28,29,30). The van der Waals surface area contributed by atoms with Gasteiger partial charge < -0.3 is 15.5 Å². The van der Waals surface area contributed by atoms with Crippen LogP contribution in [0.1, 0.15) is 28.7 Å². The fourth-order valence-corrected chi connectivity index (χ4v) is 3.41. The van der Waals surface area contributed by atoms with E-state index in [1.54, 1.807) is 0 Å². The van der Waals surface area contributed by atoms with Gasteiger partial charge in [0.1, 0.15) is 5.82 Å². The third kappa shape index (κ3) is 4.86. The van der Waals surface area contributed by atoms with Crippen molar-refractivity contribution in [2.45, 2.75) is 19.9 Å². The number of nitrogens with zero attached hydrogens (tertiary/aromatic N) is 3. The highest BCUT2D eigenvalue weighted by Crippen LogP contribution is 2.24. The molecule has 0 aliphatic carbocycles. The number of fused-ring (bicyclic) bond motifs is 1. The molecule has 6 heteroatoms. The molecule has 0 bridgehead atoms. The van der Waals surface area contributed by atoms with Gasteiger partial charge in [0.2, 0.25) is 5.82 Å². The second-order valence-corrected chi connectivity index (χ2v) is 7.83. The van der Waals surface area contributed by atoms with Gasteiger partial charge in [-0.15, -0.1) is 0 Å². The number of nitrogens with one attached hydrogen (secondary N) is 2. The number of carbonyl (C=O) groups is 1. The highest BCUT2D eigenvalue weighted by Gasteiger charge is 2.14. The lowest BCUT2D eigenvalue weighted by atomic mass is 10.1. The molecule has 0 saturated heterocycles. The van der Waals surface area contributed by atoms with Crippen LogP contribution in [0.3, 0.4) is 0 Å². The Labute approximate surface area is 188 Å². The van der Waals surface area contributed by atoms with E-state index >= 15 is 0 Å². The molecule has 4 aromatic rings. The van der Waals surface area contributed by atoms with E-state index in [0.717, 1.165) is 34.3 Å². The topological polar surface area (TPSA) is 70.2 Å². The number of carbonyl (C=O) groups excluding carboxylic acids is 1. The molecule has 0 spiro atoms. The molecule has 1 amide bonds. The summed E-state index contributed by atoms with van der Waals surface area (Å²) in [5.41, 5.74) is 5.02. The smallest absolute Gasteiger partial charge is 0.289 e. The molecule has 0 fully saturated rings. The molecule has 162 valence electrons. The largest absolute Gasteiger partial charge is 0.378 e. The number of para-hydroxylation sites is 1. The highest BCUT2D eigenvalue weighted by atomic mass is 16.2. The van der Waals surface area contributed by atoms with Crippen molar-refractivity contribution in [1.29, 1.82) is 0 Å². The van der Waals surface area contributed by atoms with Gasteiger partial charge in [-0.1, -0.05) is 43.3 Å². The lowest BCUT2D eigenvalue weighted by Crippen LogP contribution is -2.25. The number of hydrogen-bond acceptors (Lipinski definition) is 5. The molecule has 0 aliphatic rings. The maximum atomic E-state index is 12.9. The minimum Gasteiger partial charge on any atom is -0.378 e. The van der Waals surface area contributed by atoms with E-state index in [9.17, 15) is 4.79 Å². The van der Waals surface area contributed by atoms with Gasteiger partial charge in [-0.3, -0.25) is 4.79 Å². The number of rotatable bonds is 7. The molecule has 0 radical (unpaired) electrons. The molecule has 0 saturated carbocycles. The predicted octanol–water partition coefficient (Wildman–Crippen LogP) is 4.93. The van der Waals surface area contributed by atoms with Crippen LogP contribution in [-0.4, -0.2) is 30.0 Å². The molecule has 0 aliphatic heterocycles. The molecule has 3 aromatic carbocycles. The fraction of sp³-hybridized carbons (Fsp3) is 0.192. The highest BCUT2D eigenvalue weighted by molar-refractivity contribution is 5.97. The monoisotopic (exact) mass is 425 g/mol. The maximum Gasteiger partial charge on any atom is 0.289 e. The van der Waals surface area contributed by atoms with E-state index in [1.807, 2.05) is 79.7 Å². The van der Waals surface area contributed by atoms with Crippen LogP contribution in [0.15, 0.2) is 72.8 Å². The number of hydrogen-bond donors (Lipinski definition) is 2. The van der Waals surface area contributed by atoms with Crippen LogP contribution in [-0.2, 0) is 13.0 Å². The second kappa shape index (κ2) is 9.47. The Morgan fingerprint density at radius 3 is 2.25 bits per heavy atom. The van der Waals surface area contributed by atoms with Crippen molar-refractivity contribution in [1.82, 2.24) is 15.3 Å². The van der Waals surface area contributed by atoms with Crippen molar-refractivity contribution in [2.75, 3.05) is 24.3 Å². The molecule has 32 heavy (non-hydrogen) atoms. The van der Waals surface area contributed by atoms with E-state index < -0.39 is 0 Å². The lowest BCUT2D eigenvalue weighted by molar-refractivity contribution is 0.0941. The van der Waals surface area contributed by atoms with Gasteiger partial charge in [0.25, 0.3) is 5.91 Å². The van der Waals surface area contributed by atoms with Gasteiger partial charge in [-0.05, 0) is 53.9 Å². The first-order valence-corrected chi connectivity index (χ1v) is 10.7. The Hall–Kier alpha value is -3.93. The zero-order valence-corrected chi connectivity index (χ0v) is 18.6. The summed E-state index contributed by atoms with van der Waals surface area (Å²) in [6.45, 7) is 2.53. The number of benzene rings is 3. The summed E-state index contributed by atoms with van der Waals surface area (Å²) in [6, 6.07) is 24.0. The second-order valence-electron chi connectivity index (χ2n) is 7.83. The summed E-state index contributed by atoms with van der Waals surface area (Å²) in [6.07, 6.45) is 0.985. The van der Waals surface area contributed by atoms with Crippen LogP contribution >= 0.6 is 0 Å². The number of aryl methyl sites for hydroxylation is 1. The van der Waals surface area contributed by atoms with E-state index in [2.05, 4.69) is 39.7 Å². The van der Waals surface area contributed by atoms with Crippen LogP contribution in [0.4, 0.5) is 17.2 Å². The Balaban J connectivity index is 1.55. The quantitative estimate of drug-likeness (QED) is 0.439. The van der Waals surface area contributed by atoms with Crippen molar-refractivity contribution < 1.29 is 4.79 Å². The summed E-state index contributed by atoms with van der Waals surface area (Å²) in [5, 5.41) is 7.14. The van der Waals surface area contributed by atoms with Crippen molar-refractivity contribution in [3.8, 4) is 0 Å². The zero-order chi connectivity index (χ0) is 22.5. The van der Waals surface area contributed by atoms with Crippen molar-refractivity contribution in [2.24, 2.45) is 0 Å². The van der Waals surface area contributed by atoms with Crippen LogP contribution in [0.25, 0.3) is 10.9 Å². The molecule has 1 heterocycles. The first-order chi connectivity index (χ1) is 15.5. The van der Waals surface area contributed by atoms with Crippen molar-refractivity contribution in [3.63, 3.8) is 0 Å². The molecule has 6 nitrogen and oxygen atoms in total. The summed E-state index contributed by atoms with van der Waals surface area (Å²) in [4.78, 5) is 23.9. The van der Waals surface area contributed by atoms with Crippen molar-refractivity contribution in [3.05, 3.63) is 89.7 Å². The van der Waals surface area contributed by atoms with Gasteiger partial charge in [0.15, 0.2) is 0 Å². The first-order valence-electron chi connectivity index (χ1n) is 10.7. The number of aromatic nitrogens is 2. The Morgan fingerprint density at radius 1 is 0.875 bits per heavy atom. The molecular weight excluding hydrogens is 398 g/mol. The Bertz CT molecular complexity index is 1220. The maximum absolute atomic E-state index is 12.9. The minimum atomic E-state index is -0.308. The van der Waals surface area contributed by atoms with Crippen molar-refractivity contribution >= 4 is 34.0 Å². The normalized spacial score (nSPS) is 10.7. The third-order valence-corrected chi connectivity index (χ3v) is 5.34. The average molecular weight is 426 g/mol. The van der Waals surface area contributed by atoms with Crippen LogP contribution < -0.4 is 15.5 Å². The zero-order valence-electron chi connectivity index (χ0n) is 18.6. The van der Waals surface area contributed by atoms with Crippen LogP contribution in [0.2, 0.25) is 0 Å². The minimum absolute atomic E-state index is 0.140. The Morgan fingerprint density at radius 2 is 1.56 bits per heavy atom. The van der Waals surface area contributed by atoms with Gasteiger partial charge in [-0.25, -0.2) is 9.97 Å². The van der Waals surface area contributed by atoms with Gasteiger partial charge >= 0.3 is 0 Å². The molecule has 1 aromatic heterocycles. The average Bonchev–Trinajstić information content (AvgIpc) is 2.83. The molecule has 2 N–H and O–H groups in total. The van der Waals surface area contributed by atoms with E-state index in [4.69, 9.17) is 0 Å².